The zero-order valence-electron chi connectivity index (χ0n) is 15.4. The van der Waals surface area contributed by atoms with Crippen molar-refractivity contribution in [1.82, 2.24) is 9.78 Å². The fraction of sp³-hybridized carbons (Fsp3) is 0.130. The first kappa shape index (κ1) is 17.0. The van der Waals surface area contributed by atoms with Crippen molar-refractivity contribution >= 4 is 23.1 Å². The van der Waals surface area contributed by atoms with Gasteiger partial charge in [-0.25, -0.2) is 4.68 Å². The summed E-state index contributed by atoms with van der Waals surface area (Å²) in [4.78, 5) is 13.8. The molecule has 4 aromatic rings. The molecule has 0 radical (unpaired) electrons. The number of carbonyl (C=O) groups is 1. The minimum atomic E-state index is 0.0122. The van der Waals surface area contributed by atoms with Gasteiger partial charge in [0.25, 0.3) is 0 Å². The van der Waals surface area contributed by atoms with Gasteiger partial charge in [0.05, 0.1) is 11.4 Å². The second-order valence-corrected chi connectivity index (χ2v) is 8.02. The maximum Gasteiger partial charge on any atom is 0.226 e. The van der Waals surface area contributed by atoms with Crippen molar-refractivity contribution in [2.24, 2.45) is 0 Å². The molecule has 1 amide bonds. The molecule has 5 rings (SSSR count). The van der Waals surface area contributed by atoms with Crippen molar-refractivity contribution in [3.63, 3.8) is 0 Å². The van der Waals surface area contributed by atoms with E-state index in [9.17, 15) is 4.79 Å². The predicted molar refractivity (Wildman–Crippen MR) is 113 cm³/mol. The number of amides is 1. The zero-order chi connectivity index (χ0) is 19.1. The lowest BCUT2D eigenvalue weighted by Crippen LogP contribution is -2.24. The van der Waals surface area contributed by atoms with Gasteiger partial charge in [0, 0.05) is 28.3 Å². The molecular weight excluding hydrogens is 366 g/mol. The Morgan fingerprint density at radius 2 is 1.82 bits per heavy atom. The Morgan fingerprint density at radius 3 is 2.54 bits per heavy atom. The molecule has 0 saturated carbocycles. The highest BCUT2D eigenvalue weighted by Gasteiger charge is 2.34. The van der Waals surface area contributed by atoms with E-state index in [1.54, 1.807) is 11.3 Å². The van der Waals surface area contributed by atoms with Gasteiger partial charge < -0.3 is 5.32 Å². The smallest absolute Gasteiger partial charge is 0.226 e. The molecule has 0 fully saturated rings. The third-order valence-electron chi connectivity index (χ3n) is 5.13. The van der Waals surface area contributed by atoms with E-state index in [4.69, 9.17) is 5.10 Å². The summed E-state index contributed by atoms with van der Waals surface area (Å²) in [5.74, 6) is 0.814. The summed E-state index contributed by atoms with van der Waals surface area (Å²) in [5, 5.41) is 10.1. The largest absolute Gasteiger partial charge is 0.310 e. The number of nitrogens with one attached hydrogen (secondary N) is 1. The lowest BCUT2D eigenvalue weighted by Gasteiger charge is -2.23. The number of fused-ring (bicyclic) bond motifs is 1. The van der Waals surface area contributed by atoms with E-state index in [0.717, 1.165) is 28.3 Å². The molecule has 1 N–H and O–H groups in total. The van der Waals surface area contributed by atoms with Crippen LogP contribution in [0.1, 0.15) is 28.3 Å². The molecule has 4 nitrogen and oxygen atoms in total. The first-order chi connectivity index (χ1) is 13.7. The summed E-state index contributed by atoms with van der Waals surface area (Å²) in [6.45, 7) is 2.06. The predicted octanol–water partition coefficient (Wildman–Crippen LogP) is 5.38. The average molecular weight is 385 g/mol. The van der Waals surface area contributed by atoms with E-state index in [1.165, 1.54) is 10.4 Å². The first-order valence-corrected chi connectivity index (χ1v) is 10.2. The number of nitrogens with zero attached hydrogens (tertiary/aromatic N) is 2. The van der Waals surface area contributed by atoms with Crippen molar-refractivity contribution in [2.75, 3.05) is 5.32 Å². The maximum atomic E-state index is 12.6. The van der Waals surface area contributed by atoms with Crippen LogP contribution in [0.2, 0.25) is 0 Å². The van der Waals surface area contributed by atoms with Crippen LogP contribution in [0, 0.1) is 6.92 Å². The molecule has 2 aromatic carbocycles. The summed E-state index contributed by atoms with van der Waals surface area (Å²) in [6, 6.07) is 22.5. The minimum absolute atomic E-state index is 0.0122. The van der Waals surface area contributed by atoms with E-state index in [1.807, 2.05) is 41.1 Å². The van der Waals surface area contributed by atoms with Crippen LogP contribution in [-0.4, -0.2) is 15.7 Å². The molecule has 2 aromatic heterocycles. The number of aryl methyl sites for hydroxylation is 1. The monoisotopic (exact) mass is 385 g/mol. The van der Waals surface area contributed by atoms with Gasteiger partial charge in [0.2, 0.25) is 5.91 Å². The summed E-state index contributed by atoms with van der Waals surface area (Å²) in [7, 11) is 0. The molecule has 1 atom stereocenters. The number of thiophene rings is 1. The van der Waals surface area contributed by atoms with Crippen LogP contribution in [-0.2, 0) is 4.79 Å². The molecule has 1 aliphatic rings. The van der Waals surface area contributed by atoms with Crippen LogP contribution in [0.4, 0.5) is 5.82 Å². The van der Waals surface area contributed by atoms with Gasteiger partial charge in [-0.1, -0.05) is 54.1 Å². The van der Waals surface area contributed by atoms with Crippen LogP contribution in [0.3, 0.4) is 0 Å². The SMILES string of the molecule is Cc1ccc(-n2nc(-c3ccccc3)c3c2NC(=O)C[C@H]3c2cccs2)cc1. The van der Waals surface area contributed by atoms with E-state index in [0.29, 0.717) is 6.42 Å². The Kier molecular flexibility index (Phi) is 4.10. The average Bonchev–Trinajstić information content (AvgIpc) is 3.37. The maximum absolute atomic E-state index is 12.6. The number of rotatable bonds is 3. The molecule has 28 heavy (non-hydrogen) atoms. The quantitative estimate of drug-likeness (QED) is 0.514. The fourth-order valence-electron chi connectivity index (χ4n) is 3.77. The molecule has 138 valence electrons. The zero-order valence-corrected chi connectivity index (χ0v) is 16.2. The summed E-state index contributed by atoms with van der Waals surface area (Å²) in [6.07, 6.45) is 0.437. The Hall–Kier alpha value is -3.18. The van der Waals surface area contributed by atoms with Crippen LogP contribution >= 0.6 is 11.3 Å². The molecule has 0 saturated heterocycles. The van der Waals surface area contributed by atoms with E-state index >= 15 is 0 Å². The van der Waals surface area contributed by atoms with Crippen LogP contribution in [0.5, 0.6) is 0 Å². The van der Waals surface area contributed by atoms with Crippen molar-refractivity contribution < 1.29 is 4.79 Å². The van der Waals surface area contributed by atoms with Gasteiger partial charge in [0.15, 0.2) is 0 Å². The Balaban J connectivity index is 1.77. The number of carbonyl (C=O) groups excluding carboxylic acids is 1. The number of benzene rings is 2. The van der Waals surface area contributed by atoms with Crippen molar-refractivity contribution in [3.8, 4) is 16.9 Å². The molecule has 0 unspecified atom stereocenters. The third-order valence-corrected chi connectivity index (χ3v) is 6.12. The molecule has 0 spiro atoms. The molecule has 5 heteroatoms. The fourth-order valence-corrected chi connectivity index (χ4v) is 4.60. The van der Waals surface area contributed by atoms with E-state index in [2.05, 4.69) is 48.0 Å². The first-order valence-electron chi connectivity index (χ1n) is 9.29. The van der Waals surface area contributed by atoms with Gasteiger partial charge in [-0.3, -0.25) is 4.79 Å². The van der Waals surface area contributed by atoms with Crippen LogP contribution < -0.4 is 5.32 Å². The second kappa shape index (κ2) is 6.77. The molecular formula is C23H19N3OS. The Labute approximate surface area is 167 Å². The summed E-state index contributed by atoms with van der Waals surface area (Å²) < 4.78 is 1.87. The highest BCUT2D eigenvalue weighted by Crippen LogP contribution is 2.44. The summed E-state index contributed by atoms with van der Waals surface area (Å²) >= 11 is 1.69. The molecule has 0 aliphatic carbocycles. The van der Waals surface area contributed by atoms with Crippen LogP contribution in [0.15, 0.2) is 72.1 Å². The van der Waals surface area contributed by atoms with Gasteiger partial charge >= 0.3 is 0 Å². The van der Waals surface area contributed by atoms with Gasteiger partial charge in [-0.05, 0) is 30.5 Å². The number of hydrogen-bond donors (Lipinski definition) is 1. The van der Waals surface area contributed by atoms with Gasteiger partial charge in [-0.15, -0.1) is 11.3 Å². The number of anilines is 1. The lowest BCUT2D eigenvalue weighted by molar-refractivity contribution is -0.116. The van der Waals surface area contributed by atoms with E-state index in [-0.39, 0.29) is 11.8 Å². The summed E-state index contributed by atoms with van der Waals surface area (Å²) in [5.41, 5.74) is 5.20. The standard InChI is InChI=1S/C23H19N3OS/c1-15-9-11-17(12-10-15)26-23-21(22(25-26)16-6-3-2-4-7-16)18(14-20(27)24-23)19-8-5-13-28-19/h2-13,18H,14H2,1H3,(H,24,27)/t18-/m0/s1. The van der Waals surface area contributed by atoms with Gasteiger partial charge in [-0.2, -0.15) is 5.10 Å². The van der Waals surface area contributed by atoms with Crippen molar-refractivity contribution in [3.05, 3.63) is 88.1 Å². The molecule has 3 heterocycles. The normalized spacial score (nSPS) is 15.9. The topological polar surface area (TPSA) is 46.9 Å². The minimum Gasteiger partial charge on any atom is -0.310 e. The second-order valence-electron chi connectivity index (χ2n) is 7.04. The third kappa shape index (κ3) is 2.84. The highest BCUT2D eigenvalue weighted by molar-refractivity contribution is 7.10. The highest BCUT2D eigenvalue weighted by atomic mass is 32.1. The number of aromatic nitrogens is 2. The number of hydrogen-bond acceptors (Lipinski definition) is 3. The van der Waals surface area contributed by atoms with Crippen molar-refractivity contribution in [2.45, 2.75) is 19.3 Å². The van der Waals surface area contributed by atoms with Crippen molar-refractivity contribution in [1.29, 1.82) is 0 Å². The molecule has 0 bridgehead atoms. The molecule has 1 aliphatic heterocycles. The lowest BCUT2D eigenvalue weighted by atomic mass is 9.88. The van der Waals surface area contributed by atoms with Gasteiger partial charge in [0.1, 0.15) is 5.82 Å². The van der Waals surface area contributed by atoms with Crippen LogP contribution in [0.25, 0.3) is 16.9 Å². The Morgan fingerprint density at radius 1 is 1.04 bits per heavy atom. The Bertz CT molecular complexity index is 1130. The van der Waals surface area contributed by atoms with E-state index < -0.39 is 0 Å².